The van der Waals surface area contributed by atoms with E-state index in [9.17, 15) is 0 Å². The summed E-state index contributed by atoms with van der Waals surface area (Å²) in [4.78, 5) is 6.73. The van der Waals surface area contributed by atoms with E-state index in [1.165, 1.54) is 5.56 Å². The molecule has 0 bridgehead atoms. The number of hydrogen-bond acceptors (Lipinski definition) is 3. The molecule has 1 aliphatic heterocycles. The highest BCUT2D eigenvalue weighted by Gasteiger charge is 2.34. The van der Waals surface area contributed by atoms with Gasteiger partial charge in [-0.3, -0.25) is 4.99 Å². The molecule has 5 nitrogen and oxygen atoms in total. The van der Waals surface area contributed by atoms with Gasteiger partial charge >= 0.3 is 0 Å². The van der Waals surface area contributed by atoms with E-state index in [1.54, 1.807) is 0 Å². The van der Waals surface area contributed by atoms with Crippen LogP contribution in [0.3, 0.4) is 0 Å². The summed E-state index contributed by atoms with van der Waals surface area (Å²) in [7, 11) is 6.16. The van der Waals surface area contributed by atoms with Crippen molar-refractivity contribution in [2.45, 2.75) is 44.2 Å². The minimum Gasteiger partial charge on any atom is -0.381 e. The maximum absolute atomic E-state index is 5.55. The Balaban J connectivity index is 0.00000338. The molecule has 0 amide bonds. The molecule has 1 unspecified atom stereocenters. The van der Waals surface area contributed by atoms with Gasteiger partial charge in [-0.05, 0) is 52.3 Å². The minimum atomic E-state index is 0. The van der Waals surface area contributed by atoms with Crippen molar-refractivity contribution < 1.29 is 4.74 Å². The minimum absolute atomic E-state index is 0. The van der Waals surface area contributed by atoms with Gasteiger partial charge in [-0.25, -0.2) is 0 Å². The van der Waals surface area contributed by atoms with E-state index in [1.807, 2.05) is 7.05 Å². The molecule has 0 aromatic heterocycles. The molecule has 1 atom stereocenters. The number of rotatable bonds is 7. The molecule has 1 saturated heterocycles. The van der Waals surface area contributed by atoms with Crippen molar-refractivity contribution in [3.63, 3.8) is 0 Å². The molecule has 1 aliphatic rings. The number of aliphatic imine (C=N–C) groups is 1. The third-order valence-corrected chi connectivity index (χ3v) is 5.27. The van der Waals surface area contributed by atoms with Crippen LogP contribution in [0.4, 0.5) is 0 Å². The predicted octanol–water partition coefficient (Wildman–Crippen LogP) is 2.90. The zero-order valence-corrected chi connectivity index (χ0v) is 19.0. The van der Waals surface area contributed by atoms with Crippen molar-refractivity contribution in [1.29, 1.82) is 0 Å². The van der Waals surface area contributed by atoms with E-state index in [4.69, 9.17) is 4.74 Å². The number of aryl methyl sites for hydroxylation is 1. The van der Waals surface area contributed by atoms with Crippen LogP contribution >= 0.6 is 24.0 Å². The predicted molar refractivity (Wildman–Crippen MR) is 121 cm³/mol. The summed E-state index contributed by atoms with van der Waals surface area (Å²) in [5.74, 6) is 0.883. The van der Waals surface area contributed by atoms with E-state index in [0.717, 1.165) is 51.4 Å². The van der Waals surface area contributed by atoms with E-state index in [-0.39, 0.29) is 29.5 Å². The quantitative estimate of drug-likeness (QED) is 0.363. The first kappa shape index (κ1) is 23.2. The van der Waals surface area contributed by atoms with Crippen LogP contribution in [-0.2, 0) is 11.2 Å². The summed E-state index contributed by atoms with van der Waals surface area (Å²) in [6.45, 7) is 4.76. The summed E-state index contributed by atoms with van der Waals surface area (Å²) >= 11 is 0. The largest absolute Gasteiger partial charge is 0.381 e. The number of ether oxygens (including phenoxy) is 1. The number of nitrogens with zero attached hydrogens (tertiary/aromatic N) is 2. The Morgan fingerprint density at radius 3 is 2.46 bits per heavy atom. The van der Waals surface area contributed by atoms with Gasteiger partial charge in [-0.2, -0.15) is 0 Å². The van der Waals surface area contributed by atoms with Crippen molar-refractivity contribution in [2.75, 3.05) is 40.9 Å². The molecular formula is C20H35IN4O. The first-order valence-corrected chi connectivity index (χ1v) is 9.32. The van der Waals surface area contributed by atoms with Crippen molar-refractivity contribution in [3.8, 4) is 0 Å². The van der Waals surface area contributed by atoms with Crippen molar-refractivity contribution in [2.24, 2.45) is 4.99 Å². The summed E-state index contributed by atoms with van der Waals surface area (Å²) in [5, 5.41) is 7.05. The van der Waals surface area contributed by atoms with Crippen LogP contribution < -0.4 is 10.6 Å². The van der Waals surface area contributed by atoms with Gasteiger partial charge in [-0.15, -0.1) is 24.0 Å². The molecule has 0 spiro atoms. The molecule has 1 heterocycles. The van der Waals surface area contributed by atoms with Gasteiger partial charge in [0.2, 0.25) is 0 Å². The third kappa shape index (κ3) is 7.04. The molecule has 1 aromatic rings. The van der Waals surface area contributed by atoms with Gasteiger partial charge in [0, 0.05) is 38.4 Å². The van der Waals surface area contributed by atoms with Gasteiger partial charge in [-0.1, -0.05) is 30.3 Å². The number of guanidine groups is 1. The molecule has 2 rings (SSSR count). The fourth-order valence-corrected chi connectivity index (χ4v) is 3.31. The number of halogens is 1. The van der Waals surface area contributed by atoms with Crippen LogP contribution in [0, 0.1) is 0 Å². The molecule has 26 heavy (non-hydrogen) atoms. The fraction of sp³-hybridized carbons (Fsp3) is 0.650. The summed E-state index contributed by atoms with van der Waals surface area (Å²) < 4.78 is 5.55. The molecule has 1 fully saturated rings. The highest BCUT2D eigenvalue weighted by Crippen LogP contribution is 2.25. The van der Waals surface area contributed by atoms with Crippen molar-refractivity contribution >= 4 is 29.9 Å². The third-order valence-electron chi connectivity index (χ3n) is 5.27. The lowest BCUT2D eigenvalue weighted by atomic mass is 9.88. The number of likely N-dealkylation sites (N-methyl/N-ethyl adjacent to an activating group) is 1. The molecule has 6 heteroatoms. The Kier molecular flexibility index (Phi) is 10.5. The van der Waals surface area contributed by atoms with Crippen LogP contribution in [0.1, 0.15) is 31.7 Å². The first-order chi connectivity index (χ1) is 12.1. The van der Waals surface area contributed by atoms with Crippen LogP contribution in [0.15, 0.2) is 35.3 Å². The summed E-state index contributed by atoms with van der Waals surface area (Å²) in [5.41, 5.74) is 1.52. The fourth-order valence-electron chi connectivity index (χ4n) is 3.31. The molecule has 1 aromatic carbocycles. The molecule has 0 radical (unpaired) electrons. The average Bonchev–Trinajstić information content (AvgIpc) is 2.65. The van der Waals surface area contributed by atoms with Crippen molar-refractivity contribution in [1.82, 2.24) is 15.5 Å². The van der Waals surface area contributed by atoms with Gasteiger partial charge in [0.15, 0.2) is 5.96 Å². The Bertz CT molecular complexity index is 530. The van der Waals surface area contributed by atoms with E-state index < -0.39 is 0 Å². The van der Waals surface area contributed by atoms with Crippen molar-refractivity contribution in [3.05, 3.63) is 35.9 Å². The summed E-state index contributed by atoms with van der Waals surface area (Å²) in [6, 6.07) is 11.0. The highest BCUT2D eigenvalue weighted by molar-refractivity contribution is 14.0. The molecule has 0 saturated carbocycles. The van der Waals surface area contributed by atoms with E-state index in [0.29, 0.717) is 6.04 Å². The lowest BCUT2D eigenvalue weighted by molar-refractivity contribution is -0.00502. The second-order valence-corrected chi connectivity index (χ2v) is 7.23. The number of nitrogens with one attached hydrogen (secondary N) is 2. The second kappa shape index (κ2) is 11.8. The van der Waals surface area contributed by atoms with Gasteiger partial charge < -0.3 is 20.3 Å². The average molecular weight is 474 g/mol. The maximum atomic E-state index is 5.55. The zero-order chi connectivity index (χ0) is 18.1. The van der Waals surface area contributed by atoms with Crippen LogP contribution in [0.2, 0.25) is 0 Å². The Labute approximate surface area is 176 Å². The normalized spacial score (nSPS) is 18.1. The monoisotopic (exact) mass is 474 g/mol. The van der Waals surface area contributed by atoms with Gasteiger partial charge in [0.25, 0.3) is 0 Å². The molecule has 148 valence electrons. The molecule has 2 N–H and O–H groups in total. The molecular weight excluding hydrogens is 439 g/mol. The van der Waals surface area contributed by atoms with Gasteiger partial charge in [0.1, 0.15) is 0 Å². The smallest absolute Gasteiger partial charge is 0.191 e. The first-order valence-electron chi connectivity index (χ1n) is 9.32. The Hall–Kier alpha value is -0.860. The maximum Gasteiger partial charge on any atom is 0.191 e. The van der Waals surface area contributed by atoms with Gasteiger partial charge in [0.05, 0.1) is 0 Å². The van der Waals surface area contributed by atoms with Crippen LogP contribution in [-0.4, -0.2) is 63.3 Å². The Morgan fingerprint density at radius 2 is 1.88 bits per heavy atom. The lowest BCUT2D eigenvalue weighted by Gasteiger charge is -2.43. The summed E-state index contributed by atoms with van der Waals surface area (Å²) in [6.07, 6.45) is 4.25. The number of hydrogen-bond donors (Lipinski definition) is 2. The topological polar surface area (TPSA) is 48.9 Å². The standard InChI is InChI=1S/C20H34N4O.HI/c1-17(10-11-18-8-6-5-7-9-18)23-19(21-2)22-16-20(24(3)4)12-14-25-15-13-20;/h5-9,17H,10-16H2,1-4H3,(H2,21,22,23);1H. The highest BCUT2D eigenvalue weighted by atomic mass is 127. The SMILES string of the molecule is CN=C(NCC1(N(C)C)CCOCC1)NC(C)CCc1ccccc1.I. The van der Waals surface area contributed by atoms with E-state index >= 15 is 0 Å². The van der Waals surface area contributed by atoms with Crippen LogP contribution in [0.5, 0.6) is 0 Å². The second-order valence-electron chi connectivity index (χ2n) is 7.23. The lowest BCUT2D eigenvalue weighted by Crippen LogP contribution is -2.57. The molecule has 0 aliphatic carbocycles. The van der Waals surface area contributed by atoms with E-state index in [2.05, 4.69) is 71.9 Å². The number of benzene rings is 1. The Morgan fingerprint density at radius 1 is 1.23 bits per heavy atom. The van der Waals surface area contributed by atoms with Crippen LogP contribution in [0.25, 0.3) is 0 Å². The zero-order valence-electron chi connectivity index (χ0n) is 16.6.